The Morgan fingerprint density at radius 1 is 1.38 bits per heavy atom. The molecule has 0 aromatic heterocycles. The zero-order chi connectivity index (χ0) is 15.1. The minimum absolute atomic E-state index is 0.117. The molecule has 1 aliphatic rings. The molecule has 1 saturated carbocycles. The highest BCUT2D eigenvalue weighted by Crippen LogP contribution is 2.23. The number of nitrogens with one attached hydrogen (secondary N) is 1. The Morgan fingerprint density at radius 3 is 2.81 bits per heavy atom. The van der Waals surface area contributed by atoms with Crippen molar-refractivity contribution in [1.29, 1.82) is 5.26 Å². The molecule has 1 atom stereocenters. The van der Waals surface area contributed by atoms with Gasteiger partial charge in [-0.2, -0.15) is 5.26 Å². The Morgan fingerprint density at radius 2 is 2.10 bits per heavy atom. The van der Waals surface area contributed by atoms with Crippen molar-refractivity contribution in [3.63, 3.8) is 0 Å². The van der Waals surface area contributed by atoms with Crippen LogP contribution in [-0.2, 0) is 4.79 Å². The van der Waals surface area contributed by atoms with Crippen molar-refractivity contribution in [2.45, 2.75) is 45.1 Å². The van der Waals surface area contributed by atoms with Gasteiger partial charge in [0.2, 0.25) is 0 Å². The zero-order valence-corrected chi connectivity index (χ0v) is 12.5. The second-order valence-corrected chi connectivity index (χ2v) is 5.62. The number of para-hydroxylation sites is 1. The third-order valence-electron chi connectivity index (χ3n) is 3.97. The molecular weight excluding hydrogens is 264 g/mol. The maximum Gasteiger partial charge on any atom is 0.260 e. The maximum absolute atomic E-state index is 12.1. The molecule has 0 saturated heterocycles. The van der Waals surface area contributed by atoms with Gasteiger partial charge in [-0.25, -0.2) is 0 Å². The normalized spacial score (nSPS) is 16.8. The molecule has 4 heteroatoms. The number of rotatable bonds is 5. The van der Waals surface area contributed by atoms with E-state index in [-0.39, 0.29) is 5.91 Å². The molecule has 0 unspecified atom stereocenters. The second-order valence-electron chi connectivity index (χ2n) is 5.62. The van der Waals surface area contributed by atoms with Crippen LogP contribution < -0.4 is 10.1 Å². The van der Waals surface area contributed by atoms with Gasteiger partial charge in [0.1, 0.15) is 11.8 Å². The lowest BCUT2D eigenvalue weighted by molar-refractivity contribution is -0.127. The number of amides is 1. The molecule has 0 radical (unpaired) electrons. The van der Waals surface area contributed by atoms with Crippen molar-refractivity contribution < 1.29 is 9.53 Å². The third-order valence-corrected chi connectivity index (χ3v) is 3.97. The first kappa shape index (κ1) is 15.4. The second kappa shape index (κ2) is 7.68. The van der Waals surface area contributed by atoms with Crippen LogP contribution >= 0.6 is 0 Å². The Hall–Kier alpha value is -2.02. The molecule has 4 nitrogen and oxygen atoms in total. The monoisotopic (exact) mass is 286 g/mol. The molecule has 1 amide bonds. The summed E-state index contributed by atoms with van der Waals surface area (Å²) in [4.78, 5) is 12.1. The summed E-state index contributed by atoms with van der Waals surface area (Å²) < 4.78 is 5.60. The van der Waals surface area contributed by atoms with Gasteiger partial charge in [0, 0.05) is 6.54 Å². The number of nitrogens with zero attached hydrogens (tertiary/aromatic N) is 1. The van der Waals surface area contributed by atoms with E-state index in [0.717, 1.165) is 6.54 Å². The van der Waals surface area contributed by atoms with Crippen molar-refractivity contribution in [3.8, 4) is 11.8 Å². The quantitative estimate of drug-likeness (QED) is 0.905. The molecule has 0 spiro atoms. The van der Waals surface area contributed by atoms with Gasteiger partial charge in [0.05, 0.1) is 5.56 Å². The van der Waals surface area contributed by atoms with Crippen LogP contribution in [0.15, 0.2) is 24.3 Å². The van der Waals surface area contributed by atoms with Gasteiger partial charge in [-0.1, -0.05) is 31.4 Å². The third kappa shape index (κ3) is 4.49. The average molecular weight is 286 g/mol. The van der Waals surface area contributed by atoms with E-state index in [2.05, 4.69) is 11.4 Å². The molecule has 1 N–H and O–H groups in total. The van der Waals surface area contributed by atoms with Crippen LogP contribution in [0.2, 0.25) is 0 Å². The number of hydrogen-bond acceptors (Lipinski definition) is 3. The van der Waals surface area contributed by atoms with Crippen LogP contribution in [0.3, 0.4) is 0 Å². The summed E-state index contributed by atoms with van der Waals surface area (Å²) in [6, 6.07) is 9.03. The van der Waals surface area contributed by atoms with E-state index in [1.165, 1.54) is 32.1 Å². The molecule has 1 aromatic rings. The zero-order valence-electron chi connectivity index (χ0n) is 12.5. The predicted molar refractivity (Wildman–Crippen MR) is 80.8 cm³/mol. The van der Waals surface area contributed by atoms with E-state index >= 15 is 0 Å². The number of benzene rings is 1. The number of ether oxygens (including phenoxy) is 1. The van der Waals surface area contributed by atoms with E-state index in [9.17, 15) is 4.79 Å². The highest BCUT2D eigenvalue weighted by atomic mass is 16.5. The van der Waals surface area contributed by atoms with Gasteiger partial charge >= 0.3 is 0 Å². The predicted octanol–water partition coefficient (Wildman–Crippen LogP) is 3.02. The van der Waals surface area contributed by atoms with Crippen molar-refractivity contribution >= 4 is 5.91 Å². The number of hydrogen-bond donors (Lipinski definition) is 1. The molecular formula is C17H22N2O2. The standard InChI is InChI=1S/C17H22N2O2/c1-13(21-16-10-6-5-9-15(16)11-18)17(20)19-12-14-7-3-2-4-8-14/h5-6,9-10,13-14H,2-4,7-8,12H2,1H3,(H,19,20)/t13-/m0/s1. The van der Waals surface area contributed by atoms with Crippen LogP contribution in [0.5, 0.6) is 5.75 Å². The van der Waals surface area contributed by atoms with Gasteiger partial charge in [-0.3, -0.25) is 4.79 Å². The van der Waals surface area contributed by atoms with E-state index in [1.54, 1.807) is 31.2 Å². The van der Waals surface area contributed by atoms with Crippen molar-refractivity contribution in [2.75, 3.05) is 6.54 Å². The summed E-state index contributed by atoms with van der Waals surface area (Å²) in [5, 5.41) is 12.0. The Labute approximate surface area is 126 Å². The Kier molecular flexibility index (Phi) is 5.62. The first-order valence-corrected chi connectivity index (χ1v) is 7.64. The van der Waals surface area contributed by atoms with E-state index in [4.69, 9.17) is 10.00 Å². The fourth-order valence-electron chi connectivity index (χ4n) is 2.69. The first-order valence-electron chi connectivity index (χ1n) is 7.64. The highest BCUT2D eigenvalue weighted by Gasteiger charge is 2.19. The van der Waals surface area contributed by atoms with Gasteiger partial charge < -0.3 is 10.1 Å². The molecule has 2 rings (SSSR count). The molecule has 1 aliphatic carbocycles. The molecule has 112 valence electrons. The van der Waals surface area contributed by atoms with E-state index in [1.807, 2.05) is 0 Å². The lowest BCUT2D eigenvalue weighted by atomic mass is 9.89. The fraction of sp³-hybridized carbons (Fsp3) is 0.529. The SMILES string of the molecule is C[C@H](Oc1ccccc1C#N)C(=O)NCC1CCCCC1. The van der Waals surface area contributed by atoms with E-state index in [0.29, 0.717) is 17.2 Å². The topological polar surface area (TPSA) is 62.1 Å². The van der Waals surface area contributed by atoms with Crippen LogP contribution in [-0.4, -0.2) is 18.6 Å². The summed E-state index contributed by atoms with van der Waals surface area (Å²) in [6.45, 7) is 2.44. The summed E-state index contributed by atoms with van der Waals surface area (Å²) in [6.07, 6.45) is 5.65. The number of nitriles is 1. The summed E-state index contributed by atoms with van der Waals surface area (Å²) >= 11 is 0. The number of carbonyl (C=O) groups is 1. The van der Waals surface area contributed by atoms with Gasteiger partial charge in [0.15, 0.2) is 6.10 Å². The van der Waals surface area contributed by atoms with Gasteiger partial charge in [-0.05, 0) is 37.8 Å². The largest absolute Gasteiger partial charge is 0.480 e. The first-order chi connectivity index (χ1) is 10.2. The Balaban J connectivity index is 1.83. The summed E-state index contributed by atoms with van der Waals surface area (Å²) in [5.41, 5.74) is 0.449. The molecule has 1 aromatic carbocycles. The molecule has 0 heterocycles. The smallest absolute Gasteiger partial charge is 0.260 e. The van der Waals surface area contributed by atoms with Crippen molar-refractivity contribution in [3.05, 3.63) is 29.8 Å². The lowest BCUT2D eigenvalue weighted by Gasteiger charge is -2.23. The van der Waals surface area contributed by atoms with Crippen molar-refractivity contribution in [1.82, 2.24) is 5.32 Å². The lowest BCUT2D eigenvalue weighted by Crippen LogP contribution is -2.39. The summed E-state index contributed by atoms with van der Waals surface area (Å²) in [5.74, 6) is 0.940. The Bertz CT molecular complexity index is 516. The molecule has 0 bridgehead atoms. The molecule has 21 heavy (non-hydrogen) atoms. The summed E-state index contributed by atoms with van der Waals surface area (Å²) in [7, 11) is 0. The molecule has 0 aliphatic heterocycles. The minimum atomic E-state index is -0.594. The van der Waals surface area contributed by atoms with E-state index < -0.39 is 6.10 Å². The van der Waals surface area contributed by atoms with Gasteiger partial charge in [0.25, 0.3) is 5.91 Å². The maximum atomic E-state index is 12.1. The minimum Gasteiger partial charge on any atom is -0.480 e. The number of carbonyl (C=O) groups excluding carboxylic acids is 1. The van der Waals surface area contributed by atoms with Crippen LogP contribution in [0.25, 0.3) is 0 Å². The highest BCUT2D eigenvalue weighted by molar-refractivity contribution is 5.80. The van der Waals surface area contributed by atoms with Crippen LogP contribution in [0.1, 0.15) is 44.6 Å². The van der Waals surface area contributed by atoms with Crippen LogP contribution in [0.4, 0.5) is 0 Å². The van der Waals surface area contributed by atoms with Crippen molar-refractivity contribution in [2.24, 2.45) is 5.92 Å². The fourth-order valence-corrected chi connectivity index (χ4v) is 2.69. The van der Waals surface area contributed by atoms with Crippen LogP contribution in [0, 0.1) is 17.2 Å². The van der Waals surface area contributed by atoms with Gasteiger partial charge in [-0.15, -0.1) is 0 Å². The molecule has 1 fully saturated rings. The average Bonchev–Trinajstić information content (AvgIpc) is 2.54.